The van der Waals surface area contributed by atoms with Gasteiger partial charge in [-0.25, -0.2) is 4.79 Å². The molecule has 0 saturated heterocycles. The maximum atomic E-state index is 12.8. The number of rotatable bonds is 42. The van der Waals surface area contributed by atoms with Gasteiger partial charge in [-0.1, -0.05) is 157 Å². The van der Waals surface area contributed by atoms with Crippen LogP contribution in [0.1, 0.15) is 187 Å². The van der Waals surface area contributed by atoms with Crippen LogP contribution in [-0.4, -0.2) is 80.6 Å². The van der Waals surface area contributed by atoms with Gasteiger partial charge in [0.1, 0.15) is 6.61 Å². The van der Waals surface area contributed by atoms with E-state index in [0.717, 1.165) is 89.9 Å². The van der Waals surface area contributed by atoms with Crippen molar-refractivity contribution in [3.8, 4) is 0 Å². The van der Waals surface area contributed by atoms with Gasteiger partial charge in [-0.3, -0.25) is 9.59 Å². The largest absolute Gasteiger partial charge is 0.477 e. The van der Waals surface area contributed by atoms with Crippen molar-refractivity contribution in [3.05, 3.63) is 72.9 Å². The summed E-state index contributed by atoms with van der Waals surface area (Å²) in [4.78, 5) is 37.1. The molecular formula is C52H90NO7+. The predicted molar refractivity (Wildman–Crippen MR) is 252 cm³/mol. The van der Waals surface area contributed by atoms with E-state index in [4.69, 9.17) is 14.2 Å². The highest BCUT2D eigenvalue weighted by Gasteiger charge is 2.31. The molecule has 0 aromatic rings. The highest BCUT2D eigenvalue weighted by molar-refractivity contribution is 5.72. The monoisotopic (exact) mass is 841 g/mol. The molecule has 344 valence electrons. The summed E-state index contributed by atoms with van der Waals surface area (Å²) in [5.74, 6) is -1.50. The van der Waals surface area contributed by atoms with Gasteiger partial charge >= 0.3 is 17.9 Å². The van der Waals surface area contributed by atoms with Gasteiger partial charge in [-0.15, -0.1) is 0 Å². The van der Waals surface area contributed by atoms with Crippen molar-refractivity contribution in [2.75, 3.05) is 41.0 Å². The first-order valence-electron chi connectivity index (χ1n) is 24.0. The number of carbonyl (C=O) groups excluding carboxylic acids is 2. The molecule has 1 N–H and O–H groups in total. The molecule has 0 aliphatic carbocycles. The topological polar surface area (TPSA) is 99.1 Å². The van der Waals surface area contributed by atoms with Gasteiger partial charge in [-0.2, -0.15) is 0 Å². The number of likely N-dealkylation sites (N-methyl/N-ethyl adjacent to an activating group) is 1. The van der Waals surface area contributed by atoms with Gasteiger partial charge in [0.2, 0.25) is 0 Å². The maximum absolute atomic E-state index is 12.8. The number of carboxylic acid groups (broad SMARTS) is 1. The van der Waals surface area contributed by atoms with Crippen LogP contribution in [0.5, 0.6) is 0 Å². The summed E-state index contributed by atoms with van der Waals surface area (Å²) >= 11 is 0. The molecule has 0 spiro atoms. The Labute approximate surface area is 368 Å². The van der Waals surface area contributed by atoms with E-state index in [1.165, 1.54) is 64.2 Å². The molecule has 8 nitrogen and oxygen atoms in total. The van der Waals surface area contributed by atoms with Crippen molar-refractivity contribution >= 4 is 17.9 Å². The fourth-order valence-electron chi connectivity index (χ4n) is 6.64. The van der Waals surface area contributed by atoms with Crippen molar-refractivity contribution in [1.82, 2.24) is 0 Å². The highest BCUT2D eigenvalue weighted by Crippen LogP contribution is 2.14. The second-order valence-corrected chi connectivity index (χ2v) is 17.0. The summed E-state index contributed by atoms with van der Waals surface area (Å²) < 4.78 is 17.3. The normalized spacial score (nSPS) is 13.6. The molecule has 2 unspecified atom stereocenters. The van der Waals surface area contributed by atoms with Gasteiger partial charge in [0.05, 0.1) is 34.4 Å². The Morgan fingerprint density at radius 1 is 0.517 bits per heavy atom. The molecule has 0 amide bonds. The number of carbonyl (C=O) groups is 3. The van der Waals surface area contributed by atoms with E-state index in [9.17, 15) is 19.5 Å². The number of unbranched alkanes of at least 4 members (excludes halogenated alkanes) is 16. The van der Waals surface area contributed by atoms with E-state index in [2.05, 4.69) is 86.8 Å². The van der Waals surface area contributed by atoms with E-state index in [0.29, 0.717) is 19.3 Å². The average Bonchev–Trinajstić information content (AvgIpc) is 3.21. The second-order valence-electron chi connectivity index (χ2n) is 17.0. The first kappa shape index (κ1) is 56.8. The standard InChI is InChI=1S/C52H89NO7/c1-6-8-10-12-14-16-18-20-22-24-25-27-29-31-33-35-37-39-41-43-51(55)60-48(46-58-45-44-49(52(56)57)53(3,4)5)47-59-50(54)42-40-38-36-34-32-30-28-26-23-21-19-17-15-13-11-9-7-2/h8,10,14-17,20-23,25,27,48-49H,6-7,9,11-13,18-19,24,26,28-47H2,1-5H3/p+1/b10-8+,16-14+,17-15+,22-20+,23-21+,27-25+. The van der Waals surface area contributed by atoms with Gasteiger partial charge in [-0.05, 0) is 83.5 Å². The molecule has 8 heteroatoms. The molecule has 0 saturated carbocycles. The zero-order valence-corrected chi connectivity index (χ0v) is 39.1. The maximum Gasteiger partial charge on any atom is 0.362 e. The van der Waals surface area contributed by atoms with E-state index in [1.807, 2.05) is 21.1 Å². The van der Waals surface area contributed by atoms with Gasteiger partial charge < -0.3 is 23.8 Å². The lowest BCUT2D eigenvalue weighted by Gasteiger charge is -2.31. The number of hydrogen-bond donors (Lipinski definition) is 1. The third-order valence-corrected chi connectivity index (χ3v) is 10.3. The predicted octanol–water partition coefficient (Wildman–Crippen LogP) is 13.5. The van der Waals surface area contributed by atoms with Crippen molar-refractivity contribution in [3.63, 3.8) is 0 Å². The lowest BCUT2D eigenvalue weighted by molar-refractivity contribution is -0.887. The van der Waals surface area contributed by atoms with Crippen molar-refractivity contribution in [2.24, 2.45) is 0 Å². The van der Waals surface area contributed by atoms with Crippen molar-refractivity contribution in [2.45, 2.75) is 199 Å². The number of esters is 2. The fourth-order valence-corrected chi connectivity index (χ4v) is 6.64. The summed E-state index contributed by atoms with van der Waals surface area (Å²) in [6.07, 6.45) is 53.7. The van der Waals surface area contributed by atoms with Crippen LogP contribution in [0.2, 0.25) is 0 Å². The summed E-state index contributed by atoms with van der Waals surface area (Å²) in [6, 6.07) is -0.622. The number of aliphatic carboxylic acids is 1. The summed E-state index contributed by atoms with van der Waals surface area (Å²) in [7, 11) is 5.52. The Kier molecular flexibility index (Phi) is 40.2. The van der Waals surface area contributed by atoms with Crippen LogP contribution in [0.4, 0.5) is 0 Å². The zero-order chi connectivity index (χ0) is 44.2. The Morgan fingerprint density at radius 2 is 0.933 bits per heavy atom. The Balaban J connectivity index is 4.35. The fraction of sp³-hybridized carbons (Fsp3) is 0.712. The molecule has 2 atom stereocenters. The molecule has 0 aromatic carbocycles. The Bertz CT molecular complexity index is 1210. The zero-order valence-electron chi connectivity index (χ0n) is 39.1. The van der Waals surface area contributed by atoms with E-state index >= 15 is 0 Å². The van der Waals surface area contributed by atoms with Gasteiger partial charge in [0.15, 0.2) is 12.1 Å². The summed E-state index contributed by atoms with van der Waals surface area (Å²) in [5, 5.41) is 9.64. The molecule has 0 aromatic heterocycles. The van der Waals surface area contributed by atoms with E-state index in [-0.39, 0.29) is 36.2 Å². The average molecular weight is 841 g/mol. The van der Waals surface area contributed by atoms with Crippen LogP contribution >= 0.6 is 0 Å². The minimum absolute atomic E-state index is 0.0493. The number of quaternary nitrogens is 1. The number of ether oxygens (including phenoxy) is 3. The van der Waals surface area contributed by atoms with Crippen LogP contribution < -0.4 is 0 Å². The lowest BCUT2D eigenvalue weighted by Crippen LogP contribution is -2.50. The summed E-state index contributed by atoms with van der Waals surface area (Å²) in [5.41, 5.74) is 0. The lowest BCUT2D eigenvalue weighted by atomic mass is 10.1. The van der Waals surface area contributed by atoms with Crippen LogP contribution in [0.25, 0.3) is 0 Å². The van der Waals surface area contributed by atoms with Crippen LogP contribution in [0.15, 0.2) is 72.9 Å². The first-order chi connectivity index (χ1) is 29.1. The highest BCUT2D eigenvalue weighted by atomic mass is 16.6. The first-order valence-corrected chi connectivity index (χ1v) is 24.0. The third kappa shape index (κ3) is 40.2. The van der Waals surface area contributed by atoms with Gasteiger partial charge in [0.25, 0.3) is 0 Å². The molecule has 0 heterocycles. The van der Waals surface area contributed by atoms with Crippen LogP contribution in [0, 0.1) is 0 Å². The number of nitrogens with zero attached hydrogens (tertiary/aromatic N) is 1. The third-order valence-electron chi connectivity index (χ3n) is 10.3. The van der Waals surface area contributed by atoms with Crippen LogP contribution in [0.3, 0.4) is 0 Å². The quantitative estimate of drug-likeness (QED) is 0.0283. The smallest absolute Gasteiger partial charge is 0.362 e. The molecular weight excluding hydrogens is 751 g/mol. The van der Waals surface area contributed by atoms with Gasteiger partial charge in [0, 0.05) is 19.3 Å². The second kappa shape index (κ2) is 42.5. The van der Waals surface area contributed by atoms with Crippen molar-refractivity contribution < 1.29 is 38.2 Å². The molecule has 0 rings (SSSR count). The molecule has 0 fully saturated rings. The summed E-state index contributed by atoms with van der Waals surface area (Å²) in [6.45, 7) is 4.57. The van der Waals surface area contributed by atoms with E-state index < -0.39 is 18.1 Å². The Morgan fingerprint density at radius 3 is 1.38 bits per heavy atom. The Hall–Kier alpha value is -3.23. The molecule has 60 heavy (non-hydrogen) atoms. The molecule has 0 aliphatic rings. The number of allylic oxidation sites excluding steroid dienone is 12. The number of carboxylic acids is 1. The number of hydrogen-bond acceptors (Lipinski definition) is 6. The minimum Gasteiger partial charge on any atom is -0.477 e. The molecule has 0 radical (unpaired) electrons. The molecule has 0 aliphatic heterocycles. The minimum atomic E-state index is -0.881. The SMILES string of the molecule is CC/C=C/C/C=C/C/C=C/C/C=C/CCCCCCCCC(=O)OC(COCCC(C(=O)O)[N+](C)(C)C)COC(=O)CCCCCCCCC/C=C/C/C=C/CCCCC. The van der Waals surface area contributed by atoms with Crippen molar-refractivity contribution in [1.29, 1.82) is 0 Å². The van der Waals surface area contributed by atoms with E-state index in [1.54, 1.807) is 0 Å². The molecule has 0 bridgehead atoms. The van der Waals surface area contributed by atoms with Crippen LogP contribution in [-0.2, 0) is 28.6 Å².